The van der Waals surface area contributed by atoms with Crippen LogP contribution in [-0.4, -0.2) is 61.2 Å². The second-order valence-corrected chi connectivity index (χ2v) is 7.24. The van der Waals surface area contributed by atoms with Gasteiger partial charge in [-0.05, 0) is 80.2 Å². The van der Waals surface area contributed by atoms with E-state index in [0.717, 1.165) is 12.6 Å². The first-order chi connectivity index (χ1) is 8.88. The molecule has 19 heavy (non-hydrogen) atoms. The first kappa shape index (κ1) is 16.9. The van der Waals surface area contributed by atoms with Crippen LogP contribution in [-0.2, 0) is 0 Å². The lowest BCUT2D eigenvalue weighted by atomic mass is 10.1. The van der Waals surface area contributed by atoms with E-state index >= 15 is 0 Å². The first-order valence-electron chi connectivity index (χ1n) is 8.06. The van der Waals surface area contributed by atoms with Gasteiger partial charge in [0.05, 0.1) is 0 Å². The molecule has 3 nitrogen and oxygen atoms in total. The Morgan fingerprint density at radius 3 is 2.53 bits per heavy atom. The van der Waals surface area contributed by atoms with Crippen molar-refractivity contribution in [1.82, 2.24) is 15.1 Å². The van der Waals surface area contributed by atoms with E-state index in [1.54, 1.807) is 0 Å². The minimum atomic E-state index is 0.268. The number of likely N-dealkylation sites (N-methyl/N-ethyl adjacent to an activating group) is 1. The van der Waals surface area contributed by atoms with E-state index in [2.05, 4.69) is 49.9 Å². The Labute approximate surface area is 120 Å². The minimum Gasteiger partial charge on any atom is -0.312 e. The molecule has 3 heteroatoms. The fourth-order valence-electron chi connectivity index (χ4n) is 2.83. The highest BCUT2D eigenvalue weighted by Gasteiger charge is 2.18. The van der Waals surface area contributed by atoms with Crippen LogP contribution in [0, 0.1) is 0 Å². The summed E-state index contributed by atoms with van der Waals surface area (Å²) in [6, 6.07) is 0.722. The molecule has 0 aromatic carbocycles. The van der Waals surface area contributed by atoms with Crippen molar-refractivity contribution < 1.29 is 0 Å². The van der Waals surface area contributed by atoms with Crippen LogP contribution in [0.3, 0.4) is 0 Å². The standard InChI is InChI=1S/C16H35N3/c1-15-14-18(5)11-9-13-19(15)12-8-6-7-10-17-16(2,3)4/h15,17H,6-14H2,1-5H3. The summed E-state index contributed by atoms with van der Waals surface area (Å²) in [5, 5.41) is 3.56. The fourth-order valence-corrected chi connectivity index (χ4v) is 2.83. The van der Waals surface area contributed by atoms with E-state index in [4.69, 9.17) is 0 Å². The average Bonchev–Trinajstić information content (AvgIpc) is 2.44. The lowest BCUT2D eigenvalue weighted by Gasteiger charge is -2.27. The first-order valence-corrected chi connectivity index (χ1v) is 8.06. The quantitative estimate of drug-likeness (QED) is 0.748. The highest BCUT2D eigenvalue weighted by atomic mass is 15.2. The lowest BCUT2D eigenvalue weighted by Crippen LogP contribution is -2.38. The molecule has 0 bridgehead atoms. The summed E-state index contributed by atoms with van der Waals surface area (Å²) in [5.41, 5.74) is 0.268. The minimum absolute atomic E-state index is 0.268. The van der Waals surface area contributed by atoms with E-state index in [1.165, 1.54) is 51.9 Å². The molecule has 1 unspecified atom stereocenters. The Hall–Kier alpha value is -0.120. The second-order valence-electron chi connectivity index (χ2n) is 7.24. The van der Waals surface area contributed by atoms with Crippen molar-refractivity contribution in [2.24, 2.45) is 0 Å². The Bertz CT molecular complexity index is 235. The van der Waals surface area contributed by atoms with Gasteiger partial charge in [-0.15, -0.1) is 0 Å². The molecule has 1 aliphatic rings. The van der Waals surface area contributed by atoms with Gasteiger partial charge in [0.25, 0.3) is 0 Å². The topological polar surface area (TPSA) is 18.5 Å². The number of nitrogens with zero attached hydrogens (tertiary/aromatic N) is 2. The van der Waals surface area contributed by atoms with Gasteiger partial charge in [-0.3, -0.25) is 4.90 Å². The summed E-state index contributed by atoms with van der Waals surface area (Å²) in [6.07, 6.45) is 5.33. The maximum Gasteiger partial charge on any atom is 0.0194 e. The Morgan fingerprint density at radius 1 is 1.11 bits per heavy atom. The van der Waals surface area contributed by atoms with Crippen LogP contribution < -0.4 is 5.32 Å². The summed E-state index contributed by atoms with van der Waals surface area (Å²) in [7, 11) is 2.25. The van der Waals surface area contributed by atoms with Crippen LogP contribution in [0.25, 0.3) is 0 Å². The third-order valence-electron chi connectivity index (χ3n) is 3.96. The number of nitrogens with one attached hydrogen (secondary N) is 1. The molecule has 0 saturated carbocycles. The van der Waals surface area contributed by atoms with Gasteiger partial charge in [0, 0.05) is 18.1 Å². The van der Waals surface area contributed by atoms with Crippen LogP contribution in [0.5, 0.6) is 0 Å². The van der Waals surface area contributed by atoms with Crippen LogP contribution in [0.4, 0.5) is 0 Å². The summed E-state index contributed by atoms with van der Waals surface area (Å²) in [6.45, 7) is 15.3. The molecule has 1 atom stereocenters. The van der Waals surface area contributed by atoms with Gasteiger partial charge >= 0.3 is 0 Å². The SMILES string of the molecule is CC1CN(C)CCCN1CCCCCNC(C)(C)C. The van der Waals surface area contributed by atoms with Crippen molar-refractivity contribution in [3.63, 3.8) is 0 Å². The molecule has 114 valence electrons. The average molecular weight is 269 g/mol. The van der Waals surface area contributed by atoms with Crippen molar-refractivity contribution in [3.05, 3.63) is 0 Å². The van der Waals surface area contributed by atoms with Gasteiger partial charge in [0.1, 0.15) is 0 Å². The molecule has 1 N–H and O–H groups in total. The molecule has 1 heterocycles. The summed E-state index contributed by atoms with van der Waals surface area (Å²) in [5.74, 6) is 0. The smallest absolute Gasteiger partial charge is 0.0194 e. The van der Waals surface area contributed by atoms with Crippen molar-refractivity contribution in [2.75, 3.05) is 39.8 Å². The highest BCUT2D eigenvalue weighted by Crippen LogP contribution is 2.10. The van der Waals surface area contributed by atoms with Crippen LogP contribution >= 0.6 is 0 Å². The summed E-state index contributed by atoms with van der Waals surface area (Å²) in [4.78, 5) is 5.15. The molecular weight excluding hydrogens is 234 g/mol. The molecule has 1 saturated heterocycles. The van der Waals surface area contributed by atoms with E-state index in [1.807, 2.05) is 0 Å². The zero-order valence-electron chi connectivity index (χ0n) is 13.8. The number of hydrogen-bond acceptors (Lipinski definition) is 3. The largest absolute Gasteiger partial charge is 0.312 e. The van der Waals surface area contributed by atoms with Crippen molar-refractivity contribution in [2.45, 2.75) is 65.0 Å². The number of rotatable bonds is 6. The molecule has 1 aliphatic heterocycles. The molecule has 0 spiro atoms. The van der Waals surface area contributed by atoms with Crippen LogP contribution in [0.1, 0.15) is 53.4 Å². The number of unbranched alkanes of at least 4 members (excludes halogenated alkanes) is 2. The van der Waals surface area contributed by atoms with Crippen molar-refractivity contribution in [3.8, 4) is 0 Å². The van der Waals surface area contributed by atoms with Gasteiger partial charge in [-0.25, -0.2) is 0 Å². The van der Waals surface area contributed by atoms with Gasteiger partial charge < -0.3 is 10.2 Å². The molecule has 0 aromatic heterocycles. The molecule has 0 aliphatic carbocycles. The van der Waals surface area contributed by atoms with Crippen molar-refractivity contribution in [1.29, 1.82) is 0 Å². The van der Waals surface area contributed by atoms with Crippen molar-refractivity contribution >= 4 is 0 Å². The molecular formula is C16H35N3. The molecule has 0 radical (unpaired) electrons. The predicted octanol–water partition coefficient (Wildman–Crippen LogP) is 2.57. The predicted molar refractivity (Wildman–Crippen MR) is 84.8 cm³/mol. The van der Waals surface area contributed by atoms with Gasteiger partial charge in [-0.2, -0.15) is 0 Å². The molecule has 0 aromatic rings. The summed E-state index contributed by atoms with van der Waals surface area (Å²) >= 11 is 0. The molecule has 1 rings (SSSR count). The lowest BCUT2D eigenvalue weighted by molar-refractivity contribution is 0.198. The van der Waals surface area contributed by atoms with E-state index in [-0.39, 0.29) is 5.54 Å². The maximum absolute atomic E-state index is 3.56. The third kappa shape index (κ3) is 7.91. The summed E-state index contributed by atoms with van der Waals surface area (Å²) < 4.78 is 0. The van der Waals surface area contributed by atoms with E-state index in [0.29, 0.717) is 0 Å². The van der Waals surface area contributed by atoms with Crippen LogP contribution in [0.2, 0.25) is 0 Å². The second kappa shape index (κ2) is 8.23. The zero-order valence-corrected chi connectivity index (χ0v) is 13.8. The van der Waals surface area contributed by atoms with E-state index < -0.39 is 0 Å². The van der Waals surface area contributed by atoms with Gasteiger partial charge in [0.2, 0.25) is 0 Å². The van der Waals surface area contributed by atoms with Gasteiger partial charge in [-0.1, -0.05) is 6.42 Å². The molecule has 1 fully saturated rings. The molecule has 0 amide bonds. The highest BCUT2D eigenvalue weighted by molar-refractivity contribution is 4.75. The normalized spacial score (nSPS) is 23.5. The Morgan fingerprint density at radius 2 is 1.84 bits per heavy atom. The fraction of sp³-hybridized carbons (Fsp3) is 1.00. The Balaban J connectivity index is 2.08. The Kier molecular flexibility index (Phi) is 7.33. The maximum atomic E-state index is 3.56. The monoisotopic (exact) mass is 269 g/mol. The van der Waals surface area contributed by atoms with Crippen LogP contribution in [0.15, 0.2) is 0 Å². The van der Waals surface area contributed by atoms with Gasteiger partial charge in [0.15, 0.2) is 0 Å². The zero-order chi connectivity index (χ0) is 14.3. The number of hydrogen-bond donors (Lipinski definition) is 1. The third-order valence-corrected chi connectivity index (χ3v) is 3.96. The van der Waals surface area contributed by atoms with E-state index in [9.17, 15) is 0 Å².